The predicted octanol–water partition coefficient (Wildman–Crippen LogP) is 4.00. The fraction of sp³-hybridized carbons (Fsp3) is 0.273. The van der Waals surface area contributed by atoms with Gasteiger partial charge >= 0.3 is 0 Å². The number of fused-ring (bicyclic) bond motifs is 1. The summed E-state index contributed by atoms with van der Waals surface area (Å²) in [6.07, 6.45) is 4.26. The first-order valence-electron chi connectivity index (χ1n) is 9.51. The highest BCUT2D eigenvalue weighted by Gasteiger charge is 2.25. The van der Waals surface area contributed by atoms with Gasteiger partial charge in [-0.05, 0) is 74.1 Å². The molecular formula is C22H21F2N3O. The quantitative estimate of drug-likeness (QED) is 0.726. The number of carbonyl (C=O) groups excluding carboxylic acids is 1. The Kier molecular flexibility index (Phi) is 5.19. The molecule has 28 heavy (non-hydrogen) atoms. The highest BCUT2D eigenvalue weighted by Crippen LogP contribution is 2.27. The molecule has 144 valence electrons. The summed E-state index contributed by atoms with van der Waals surface area (Å²) in [5.41, 5.74) is 4.00. The Morgan fingerprint density at radius 1 is 1.04 bits per heavy atom. The second-order valence-electron chi connectivity index (χ2n) is 7.01. The normalized spacial score (nSPS) is 13.2. The lowest BCUT2D eigenvalue weighted by Gasteiger charge is -2.14. The van der Waals surface area contributed by atoms with Gasteiger partial charge in [0.15, 0.2) is 5.69 Å². The van der Waals surface area contributed by atoms with Gasteiger partial charge in [-0.15, -0.1) is 0 Å². The van der Waals surface area contributed by atoms with Gasteiger partial charge in [0.05, 0.1) is 5.69 Å². The minimum atomic E-state index is -0.305. The molecule has 0 saturated heterocycles. The van der Waals surface area contributed by atoms with E-state index in [9.17, 15) is 13.6 Å². The standard InChI is InChI=1S/C22H21F2N3O/c23-16-8-10-18(11-9-16)27-20-7-2-1-6-19(20)21(26-27)22(28)25-13-12-15-4-3-5-17(24)14-15/h3-5,8-11,14H,1-2,6-7,12-13H2,(H,25,28). The first-order valence-corrected chi connectivity index (χ1v) is 9.51. The second-order valence-corrected chi connectivity index (χ2v) is 7.01. The van der Waals surface area contributed by atoms with E-state index in [-0.39, 0.29) is 17.5 Å². The zero-order valence-corrected chi connectivity index (χ0v) is 15.4. The van der Waals surface area contributed by atoms with Crippen LogP contribution in [0.5, 0.6) is 0 Å². The lowest BCUT2D eigenvalue weighted by atomic mass is 9.95. The number of halogens is 2. The van der Waals surface area contributed by atoms with Crippen LogP contribution in [0.2, 0.25) is 0 Å². The van der Waals surface area contributed by atoms with Crippen molar-refractivity contribution in [3.8, 4) is 5.69 Å². The molecule has 3 aromatic rings. The number of amides is 1. The molecule has 1 aliphatic rings. The van der Waals surface area contributed by atoms with Crippen molar-refractivity contribution < 1.29 is 13.6 Å². The largest absolute Gasteiger partial charge is 0.350 e. The van der Waals surface area contributed by atoms with Crippen LogP contribution in [0.3, 0.4) is 0 Å². The van der Waals surface area contributed by atoms with Gasteiger partial charge < -0.3 is 5.32 Å². The maximum atomic E-state index is 13.3. The summed E-state index contributed by atoms with van der Waals surface area (Å²) in [5.74, 6) is -0.813. The van der Waals surface area contributed by atoms with Crippen LogP contribution in [0.1, 0.15) is 40.2 Å². The van der Waals surface area contributed by atoms with Crippen LogP contribution in [-0.4, -0.2) is 22.2 Å². The molecule has 1 heterocycles. The van der Waals surface area contributed by atoms with Crippen molar-refractivity contribution in [1.82, 2.24) is 15.1 Å². The van der Waals surface area contributed by atoms with Crippen molar-refractivity contribution in [2.75, 3.05) is 6.54 Å². The number of rotatable bonds is 5. The topological polar surface area (TPSA) is 46.9 Å². The Bertz CT molecular complexity index is 996. The van der Waals surface area contributed by atoms with Gasteiger partial charge in [-0.3, -0.25) is 4.79 Å². The Balaban J connectivity index is 1.53. The molecule has 4 nitrogen and oxygen atoms in total. The van der Waals surface area contributed by atoms with Crippen LogP contribution in [0.15, 0.2) is 48.5 Å². The number of nitrogens with zero attached hydrogens (tertiary/aromatic N) is 2. The van der Waals surface area contributed by atoms with E-state index < -0.39 is 0 Å². The van der Waals surface area contributed by atoms with E-state index in [4.69, 9.17) is 0 Å². The van der Waals surface area contributed by atoms with Crippen LogP contribution < -0.4 is 5.32 Å². The van der Waals surface area contributed by atoms with Crippen LogP contribution in [0.25, 0.3) is 5.69 Å². The maximum Gasteiger partial charge on any atom is 0.272 e. The first kappa shape index (κ1) is 18.3. The molecule has 0 saturated carbocycles. The van der Waals surface area contributed by atoms with Crippen LogP contribution >= 0.6 is 0 Å². The lowest BCUT2D eigenvalue weighted by molar-refractivity contribution is 0.0947. The average Bonchev–Trinajstić information content (AvgIpc) is 3.08. The molecule has 0 bridgehead atoms. The van der Waals surface area contributed by atoms with Crippen molar-refractivity contribution in [2.45, 2.75) is 32.1 Å². The zero-order valence-electron chi connectivity index (χ0n) is 15.4. The fourth-order valence-electron chi connectivity index (χ4n) is 3.67. The van der Waals surface area contributed by atoms with E-state index in [2.05, 4.69) is 10.4 Å². The average molecular weight is 381 g/mol. The van der Waals surface area contributed by atoms with E-state index >= 15 is 0 Å². The Labute approximate surface area is 162 Å². The third kappa shape index (κ3) is 3.81. The molecule has 4 rings (SSSR count). The number of carbonyl (C=O) groups is 1. The van der Waals surface area contributed by atoms with Gasteiger partial charge in [-0.2, -0.15) is 5.10 Å². The molecule has 1 N–H and O–H groups in total. The number of hydrogen-bond acceptors (Lipinski definition) is 2. The number of benzene rings is 2. The Morgan fingerprint density at radius 2 is 1.82 bits per heavy atom. The minimum absolute atomic E-state index is 0.226. The fourth-order valence-corrected chi connectivity index (χ4v) is 3.67. The number of aromatic nitrogens is 2. The molecule has 1 aliphatic carbocycles. The van der Waals surface area contributed by atoms with Crippen molar-refractivity contribution in [3.63, 3.8) is 0 Å². The number of nitrogens with one attached hydrogen (secondary N) is 1. The molecule has 0 unspecified atom stereocenters. The Morgan fingerprint density at radius 3 is 2.61 bits per heavy atom. The van der Waals surface area contributed by atoms with Crippen LogP contribution in [0.4, 0.5) is 8.78 Å². The predicted molar refractivity (Wildman–Crippen MR) is 103 cm³/mol. The van der Waals surface area contributed by atoms with Gasteiger partial charge in [0, 0.05) is 17.8 Å². The van der Waals surface area contributed by atoms with Crippen molar-refractivity contribution in [1.29, 1.82) is 0 Å². The van der Waals surface area contributed by atoms with Crippen molar-refractivity contribution >= 4 is 5.91 Å². The molecule has 0 radical (unpaired) electrons. The molecule has 0 fully saturated rings. The van der Waals surface area contributed by atoms with Crippen LogP contribution in [0, 0.1) is 11.6 Å². The van der Waals surface area contributed by atoms with E-state index in [0.717, 1.165) is 48.2 Å². The second kappa shape index (κ2) is 7.92. The monoisotopic (exact) mass is 381 g/mol. The summed E-state index contributed by atoms with van der Waals surface area (Å²) in [6.45, 7) is 0.403. The van der Waals surface area contributed by atoms with E-state index in [0.29, 0.717) is 18.7 Å². The molecule has 0 atom stereocenters. The summed E-state index contributed by atoms with van der Waals surface area (Å²) in [6, 6.07) is 12.5. The smallest absolute Gasteiger partial charge is 0.272 e. The number of hydrogen-bond donors (Lipinski definition) is 1. The van der Waals surface area contributed by atoms with Crippen molar-refractivity contribution in [2.24, 2.45) is 0 Å². The molecule has 1 aromatic heterocycles. The Hall–Kier alpha value is -3.02. The van der Waals surface area contributed by atoms with E-state index in [1.54, 1.807) is 22.9 Å². The summed E-state index contributed by atoms with van der Waals surface area (Å²) in [5, 5.41) is 7.45. The summed E-state index contributed by atoms with van der Waals surface area (Å²) >= 11 is 0. The molecule has 1 amide bonds. The third-order valence-electron chi connectivity index (χ3n) is 5.05. The zero-order chi connectivity index (χ0) is 19.5. The van der Waals surface area contributed by atoms with Gasteiger partial charge in [-0.1, -0.05) is 12.1 Å². The van der Waals surface area contributed by atoms with Gasteiger partial charge in [0.2, 0.25) is 0 Å². The molecule has 0 aliphatic heterocycles. The first-order chi connectivity index (χ1) is 13.6. The third-order valence-corrected chi connectivity index (χ3v) is 5.05. The maximum absolute atomic E-state index is 13.3. The minimum Gasteiger partial charge on any atom is -0.350 e. The highest BCUT2D eigenvalue weighted by atomic mass is 19.1. The summed E-state index contributed by atoms with van der Waals surface area (Å²) in [4.78, 5) is 12.8. The summed E-state index contributed by atoms with van der Waals surface area (Å²) in [7, 11) is 0. The van der Waals surface area contributed by atoms with Gasteiger partial charge in [0.1, 0.15) is 11.6 Å². The highest BCUT2D eigenvalue weighted by molar-refractivity contribution is 5.94. The molecule has 0 spiro atoms. The van der Waals surface area contributed by atoms with Gasteiger partial charge in [-0.25, -0.2) is 13.5 Å². The van der Waals surface area contributed by atoms with E-state index in [1.807, 2.05) is 6.07 Å². The van der Waals surface area contributed by atoms with Crippen molar-refractivity contribution in [3.05, 3.63) is 82.7 Å². The van der Waals surface area contributed by atoms with E-state index in [1.165, 1.54) is 24.3 Å². The lowest BCUT2D eigenvalue weighted by Crippen LogP contribution is -2.27. The molecule has 2 aromatic carbocycles. The van der Waals surface area contributed by atoms with Gasteiger partial charge in [0.25, 0.3) is 5.91 Å². The molecular weight excluding hydrogens is 360 g/mol. The van der Waals surface area contributed by atoms with Crippen LogP contribution in [-0.2, 0) is 19.3 Å². The SMILES string of the molecule is O=C(NCCc1cccc(F)c1)c1nn(-c2ccc(F)cc2)c2c1CCCC2. The summed E-state index contributed by atoms with van der Waals surface area (Å²) < 4.78 is 28.3. The molecule has 6 heteroatoms.